The van der Waals surface area contributed by atoms with E-state index in [9.17, 15) is 0 Å². The van der Waals surface area contributed by atoms with Crippen LogP contribution in [0.15, 0.2) is 24.3 Å². The molecule has 0 saturated carbocycles. The first kappa shape index (κ1) is 18.4. The molecule has 1 unspecified atom stereocenters. The van der Waals surface area contributed by atoms with Gasteiger partial charge in [0.25, 0.3) is 0 Å². The third-order valence-electron chi connectivity index (χ3n) is 5.38. The Balaban J connectivity index is 0.00000182. The molecule has 2 aromatic rings. The second-order valence-corrected chi connectivity index (χ2v) is 7.06. The van der Waals surface area contributed by atoms with Crippen LogP contribution >= 0.6 is 12.4 Å². The minimum absolute atomic E-state index is 0. The highest BCUT2D eigenvalue weighted by Gasteiger charge is 2.24. The summed E-state index contributed by atoms with van der Waals surface area (Å²) in [5.41, 5.74) is 2.74. The van der Waals surface area contributed by atoms with E-state index in [0.29, 0.717) is 6.04 Å². The van der Waals surface area contributed by atoms with E-state index in [4.69, 9.17) is 0 Å². The molecule has 0 amide bonds. The molecule has 3 heterocycles. The van der Waals surface area contributed by atoms with E-state index >= 15 is 0 Å². The van der Waals surface area contributed by atoms with E-state index < -0.39 is 0 Å². The number of hydrogen-bond donors (Lipinski definition) is 1. The Labute approximate surface area is 156 Å². The quantitative estimate of drug-likeness (QED) is 0.909. The molecule has 136 valence electrons. The SMILES string of the molecule is Cc1ccc(C2CNCCN2CCc2nnc3n2CCCC3)cc1.Cl. The summed E-state index contributed by atoms with van der Waals surface area (Å²) < 4.78 is 2.35. The van der Waals surface area contributed by atoms with Gasteiger partial charge in [-0.15, -0.1) is 22.6 Å². The molecular weight excluding hydrogens is 334 g/mol. The zero-order valence-electron chi connectivity index (χ0n) is 14.9. The Morgan fingerprint density at radius 3 is 2.80 bits per heavy atom. The fraction of sp³-hybridized carbons (Fsp3) is 0.579. The lowest BCUT2D eigenvalue weighted by Crippen LogP contribution is -2.46. The van der Waals surface area contributed by atoms with Gasteiger partial charge in [-0.3, -0.25) is 4.90 Å². The first-order valence-electron chi connectivity index (χ1n) is 9.23. The van der Waals surface area contributed by atoms with E-state index in [0.717, 1.165) is 45.6 Å². The third kappa shape index (κ3) is 4.05. The molecule has 5 nitrogen and oxygen atoms in total. The van der Waals surface area contributed by atoms with Gasteiger partial charge in [0.05, 0.1) is 0 Å². The third-order valence-corrected chi connectivity index (χ3v) is 5.38. The molecule has 1 aromatic carbocycles. The van der Waals surface area contributed by atoms with E-state index in [-0.39, 0.29) is 12.4 Å². The van der Waals surface area contributed by atoms with Gasteiger partial charge >= 0.3 is 0 Å². The number of hydrogen-bond acceptors (Lipinski definition) is 4. The van der Waals surface area contributed by atoms with Gasteiger partial charge < -0.3 is 9.88 Å². The lowest BCUT2D eigenvalue weighted by atomic mass is 10.0. The van der Waals surface area contributed by atoms with Crippen LogP contribution in [0.2, 0.25) is 0 Å². The number of halogens is 1. The van der Waals surface area contributed by atoms with Crippen molar-refractivity contribution in [3.8, 4) is 0 Å². The summed E-state index contributed by atoms with van der Waals surface area (Å²) in [6.45, 7) is 7.49. The Bertz CT molecular complexity index is 682. The maximum absolute atomic E-state index is 4.46. The molecule has 25 heavy (non-hydrogen) atoms. The molecule has 1 fully saturated rings. The second-order valence-electron chi connectivity index (χ2n) is 7.06. The van der Waals surface area contributed by atoms with Gasteiger partial charge in [0, 0.05) is 51.6 Å². The van der Waals surface area contributed by atoms with Crippen LogP contribution in [0.5, 0.6) is 0 Å². The monoisotopic (exact) mass is 361 g/mol. The summed E-state index contributed by atoms with van der Waals surface area (Å²) in [5, 5.41) is 12.4. The van der Waals surface area contributed by atoms with E-state index in [1.54, 1.807) is 0 Å². The first-order chi connectivity index (χ1) is 11.8. The predicted octanol–water partition coefficient (Wildman–Crippen LogP) is 2.53. The highest BCUT2D eigenvalue weighted by atomic mass is 35.5. The molecule has 1 saturated heterocycles. The van der Waals surface area contributed by atoms with Crippen LogP contribution in [0.25, 0.3) is 0 Å². The molecular formula is C19H28ClN5. The lowest BCUT2D eigenvalue weighted by molar-refractivity contribution is 0.162. The van der Waals surface area contributed by atoms with Crippen LogP contribution in [-0.4, -0.2) is 45.8 Å². The fourth-order valence-electron chi connectivity index (χ4n) is 3.93. The Morgan fingerprint density at radius 1 is 1.12 bits per heavy atom. The molecule has 1 atom stereocenters. The average Bonchev–Trinajstić information content (AvgIpc) is 3.04. The van der Waals surface area contributed by atoms with Crippen LogP contribution in [-0.2, 0) is 19.4 Å². The molecule has 0 bridgehead atoms. The van der Waals surface area contributed by atoms with Gasteiger partial charge in [-0.1, -0.05) is 29.8 Å². The smallest absolute Gasteiger partial charge is 0.134 e. The van der Waals surface area contributed by atoms with Crippen LogP contribution in [0.3, 0.4) is 0 Å². The minimum atomic E-state index is 0. The topological polar surface area (TPSA) is 46.0 Å². The normalized spacial score (nSPS) is 20.8. The van der Waals surface area contributed by atoms with Gasteiger partial charge in [0.1, 0.15) is 11.6 Å². The van der Waals surface area contributed by atoms with Crippen molar-refractivity contribution in [3.05, 3.63) is 47.0 Å². The maximum atomic E-state index is 4.46. The minimum Gasteiger partial charge on any atom is -0.315 e. The van der Waals surface area contributed by atoms with Crippen LogP contribution in [0.1, 0.15) is 41.7 Å². The fourth-order valence-corrected chi connectivity index (χ4v) is 3.93. The van der Waals surface area contributed by atoms with Gasteiger partial charge in [0.2, 0.25) is 0 Å². The Morgan fingerprint density at radius 2 is 1.96 bits per heavy atom. The standard InChI is InChI=1S/C19H27N5.ClH/c1-15-5-7-16(8-6-15)17-14-20-10-13-23(17)12-9-19-22-21-18-4-2-3-11-24(18)19;/h5-8,17,20H,2-4,9-14H2,1H3;1H. The predicted molar refractivity (Wildman–Crippen MR) is 102 cm³/mol. The number of nitrogens with zero attached hydrogens (tertiary/aromatic N) is 4. The molecule has 0 radical (unpaired) electrons. The summed E-state index contributed by atoms with van der Waals surface area (Å²) in [6.07, 6.45) is 4.60. The largest absolute Gasteiger partial charge is 0.315 e. The van der Waals surface area contributed by atoms with Crippen molar-refractivity contribution in [2.45, 2.75) is 45.2 Å². The molecule has 1 aromatic heterocycles. The number of rotatable bonds is 4. The van der Waals surface area contributed by atoms with E-state index in [1.165, 1.54) is 35.6 Å². The number of aromatic nitrogens is 3. The zero-order chi connectivity index (χ0) is 16.4. The Hall–Kier alpha value is -1.43. The van der Waals surface area contributed by atoms with Gasteiger partial charge in [-0.25, -0.2) is 0 Å². The molecule has 6 heteroatoms. The van der Waals surface area contributed by atoms with Crippen molar-refractivity contribution >= 4 is 12.4 Å². The molecule has 2 aliphatic rings. The van der Waals surface area contributed by atoms with Gasteiger partial charge in [0.15, 0.2) is 0 Å². The maximum Gasteiger partial charge on any atom is 0.134 e. The highest BCUT2D eigenvalue weighted by molar-refractivity contribution is 5.85. The summed E-state index contributed by atoms with van der Waals surface area (Å²) in [7, 11) is 0. The van der Waals surface area contributed by atoms with Gasteiger partial charge in [-0.05, 0) is 25.3 Å². The van der Waals surface area contributed by atoms with Crippen molar-refractivity contribution in [1.29, 1.82) is 0 Å². The van der Waals surface area contributed by atoms with E-state index in [2.05, 4.69) is 56.2 Å². The summed E-state index contributed by atoms with van der Waals surface area (Å²) in [6, 6.07) is 9.45. The number of fused-ring (bicyclic) bond motifs is 1. The van der Waals surface area contributed by atoms with Crippen molar-refractivity contribution in [1.82, 2.24) is 25.0 Å². The molecule has 0 spiro atoms. The van der Waals surface area contributed by atoms with Crippen molar-refractivity contribution in [2.24, 2.45) is 0 Å². The number of piperazine rings is 1. The van der Waals surface area contributed by atoms with Crippen LogP contribution in [0, 0.1) is 6.92 Å². The summed E-state index contributed by atoms with van der Waals surface area (Å²) in [5.74, 6) is 2.36. The average molecular weight is 362 g/mol. The van der Waals surface area contributed by atoms with Crippen LogP contribution < -0.4 is 5.32 Å². The van der Waals surface area contributed by atoms with Crippen molar-refractivity contribution < 1.29 is 0 Å². The summed E-state index contributed by atoms with van der Waals surface area (Å²) in [4.78, 5) is 2.60. The lowest BCUT2D eigenvalue weighted by Gasteiger charge is -2.36. The highest BCUT2D eigenvalue weighted by Crippen LogP contribution is 2.23. The van der Waals surface area contributed by atoms with Gasteiger partial charge in [-0.2, -0.15) is 0 Å². The molecule has 2 aliphatic heterocycles. The second kappa shape index (κ2) is 8.30. The molecule has 0 aliphatic carbocycles. The Kier molecular flexibility index (Phi) is 6.10. The molecule has 1 N–H and O–H groups in total. The van der Waals surface area contributed by atoms with Crippen molar-refractivity contribution in [2.75, 3.05) is 26.2 Å². The summed E-state index contributed by atoms with van der Waals surface area (Å²) >= 11 is 0. The zero-order valence-corrected chi connectivity index (χ0v) is 15.8. The van der Waals surface area contributed by atoms with Crippen molar-refractivity contribution in [3.63, 3.8) is 0 Å². The number of aryl methyl sites for hydroxylation is 2. The van der Waals surface area contributed by atoms with Crippen LogP contribution in [0.4, 0.5) is 0 Å². The number of nitrogens with one attached hydrogen (secondary N) is 1. The van der Waals surface area contributed by atoms with E-state index in [1.807, 2.05) is 0 Å². The first-order valence-corrected chi connectivity index (χ1v) is 9.23. The molecule has 4 rings (SSSR count). The number of benzene rings is 1.